The second kappa shape index (κ2) is 4.71. The summed E-state index contributed by atoms with van der Waals surface area (Å²) in [6.07, 6.45) is 0.723. The quantitative estimate of drug-likeness (QED) is 0.886. The summed E-state index contributed by atoms with van der Waals surface area (Å²) in [5.41, 5.74) is 7.00. The van der Waals surface area contributed by atoms with Crippen molar-refractivity contribution in [3.05, 3.63) is 46.1 Å². The number of anilines is 1. The number of nitrogens with two attached hydrogens (primary N) is 1. The first kappa shape index (κ1) is 12.3. The Morgan fingerprint density at radius 2 is 2.21 bits per heavy atom. The highest BCUT2D eigenvalue weighted by Crippen LogP contribution is 2.42. The van der Waals surface area contributed by atoms with E-state index in [1.807, 2.05) is 0 Å². The zero-order valence-corrected chi connectivity index (χ0v) is 11.4. The molecule has 0 fully saturated rings. The van der Waals surface area contributed by atoms with Crippen LogP contribution < -0.4 is 15.2 Å². The number of fused-ring (bicyclic) bond motifs is 1. The first-order valence-corrected chi connectivity index (χ1v) is 6.43. The number of nitrogen functional groups attached to an aromatic ring is 1. The molecule has 1 aliphatic heterocycles. The molecule has 0 spiro atoms. The first-order chi connectivity index (χ1) is 9.16. The van der Waals surface area contributed by atoms with Gasteiger partial charge in [0.05, 0.1) is 4.47 Å². The topological polar surface area (TPSA) is 77.6 Å². The lowest BCUT2D eigenvalue weighted by Gasteiger charge is -2.14. The Labute approximate surface area is 118 Å². The van der Waals surface area contributed by atoms with Gasteiger partial charge >= 0.3 is 0 Å². The van der Waals surface area contributed by atoms with Gasteiger partial charge in [-0.05, 0) is 39.7 Å². The second-order valence-corrected chi connectivity index (χ2v) is 4.97. The van der Waals surface area contributed by atoms with Gasteiger partial charge < -0.3 is 20.3 Å². The normalized spacial score (nSPS) is 14.4. The summed E-state index contributed by atoms with van der Waals surface area (Å²) in [7, 11) is 0. The fraction of sp³-hybridized carbons (Fsp3) is 0.154. The number of pyridine rings is 1. The molecular weight excluding hydrogens is 312 g/mol. The van der Waals surface area contributed by atoms with Gasteiger partial charge in [-0.2, -0.15) is 0 Å². The van der Waals surface area contributed by atoms with E-state index in [0.717, 1.165) is 4.47 Å². The van der Waals surface area contributed by atoms with Crippen molar-refractivity contribution in [1.82, 2.24) is 4.98 Å². The third-order valence-electron chi connectivity index (χ3n) is 2.93. The van der Waals surface area contributed by atoms with Gasteiger partial charge in [0.1, 0.15) is 11.9 Å². The Hall–Kier alpha value is -1.79. The molecule has 5 nitrogen and oxygen atoms in total. The van der Waals surface area contributed by atoms with Crippen LogP contribution >= 0.6 is 15.9 Å². The van der Waals surface area contributed by atoms with Crippen LogP contribution in [0.3, 0.4) is 0 Å². The zero-order valence-electron chi connectivity index (χ0n) is 9.84. The number of benzene rings is 1. The van der Waals surface area contributed by atoms with Crippen molar-refractivity contribution in [3.63, 3.8) is 0 Å². The average molecular weight is 323 g/mol. The summed E-state index contributed by atoms with van der Waals surface area (Å²) < 4.78 is 11.4. The van der Waals surface area contributed by atoms with Crippen LogP contribution in [0.1, 0.15) is 17.2 Å². The van der Waals surface area contributed by atoms with E-state index in [1.54, 1.807) is 30.5 Å². The van der Waals surface area contributed by atoms with E-state index >= 15 is 0 Å². The first-order valence-electron chi connectivity index (χ1n) is 5.64. The summed E-state index contributed by atoms with van der Waals surface area (Å²) in [6.45, 7) is 0.183. The molecule has 0 aliphatic carbocycles. The summed E-state index contributed by atoms with van der Waals surface area (Å²) in [6, 6.07) is 7.00. The number of rotatable bonds is 2. The van der Waals surface area contributed by atoms with Crippen LogP contribution in [0.5, 0.6) is 11.5 Å². The molecule has 1 aliphatic rings. The second-order valence-electron chi connectivity index (χ2n) is 4.12. The van der Waals surface area contributed by atoms with E-state index in [-0.39, 0.29) is 6.79 Å². The van der Waals surface area contributed by atoms with E-state index in [0.29, 0.717) is 28.4 Å². The van der Waals surface area contributed by atoms with Gasteiger partial charge in [0, 0.05) is 11.8 Å². The fourth-order valence-electron chi connectivity index (χ4n) is 1.99. The van der Waals surface area contributed by atoms with Crippen molar-refractivity contribution in [2.75, 3.05) is 12.5 Å². The highest BCUT2D eigenvalue weighted by atomic mass is 79.9. The monoisotopic (exact) mass is 322 g/mol. The maximum atomic E-state index is 10.4. The Morgan fingerprint density at radius 3 is 3.00 bits per heavy atom. The van der Waals surface area contributed by atoms with Gasteiger partial charge in [-0.1, -0.05) is 6.07 Å². The lowest BCUT2D eigenvalue weighted by molar-refractivity contribution is 0.173. The largest absolute Gasteiger partial charge is 0.454 e. The molecule has 0 radical (unpaired) electrons. The highest BCUT2D eigenvalue weighted by Gasteiger charge is 2.22. The molecule has 1 atom stereocenters. The standard InChI is InChI=1S/C13H11BrN2O3/c14-9-4-7(5-10-12(9)19-6-18-10)11(17)8-2-1-3-16-13(8)15/h1-5,11,17H,6H2,(H2,15,16). The molecule has 0 bridgehead atoms. The molecule has 2 heterocycles. The minimum absolute atomic E-state index is 0.183. The number of hydrogen-bond acceptors (Lipinski definition) is 5. The summed E-state index contributed by atoms with van der Waals surface area (Å²) in [4.78, 5) is 3.97. The zero-order chi connectivity index (χ0) is 13.4. The van der Waals surface area contributed by atoms with E-state index in [1.165, 1.54) is 0 Å². The Morgan fingerprint density at radius 1 is 1.37 bits per heavy atom. The van der Waals surface area contributed by atoms with Crippen molar-refractivity contribution >= 4 is 21.7 Å². The summed E-state index contributed by atoms with van der Waals surface area (Å²) in [5, 5.41) is 10.4. The highest BCUT2D eigenvalue weighted by molar-refractivity contribution is 9.10. The average Bonchev–Trinajstić information content (AvgIpc) is 2.87. The van der Waals surface area contributed by atoms with Crippen LogP contribution in [0.15, 0.2) is 34.9 Å². The molecule has 1 unspecified atom stereocenters. The maximum absolute atomic E-state index is 10.4. The Kier molecular flexibility index (Phi) is 3.04. The summed E-state index contributed by atoms with van der Waals surface area (Å²) in [5.74, 6) is 1.56. The molecule has 2 aromatic rings. The lowest BCUT2D eigenvalue weighted by Crippen LogP contribution is -2.05. The van der Waals surface area contributed by atoms with Crippen LogP contribution in [-0.4, -0.2) is 16.9 Å². The van der Waals surface area contributed by atoms with Gasteiger partial charge in [0.2, 0.25) is 6.79 Å². The predicted octanol–water partition coefficient (Wildman–Crippen LogP) is 2.24. The molecule has 98 valence electrons. The SMILES string of the molecule is Nc1ncccc1C(O)c1cc(Br)c2c(c1)OCO2. The maximum Gasteiger partial charge on any atom is 0.231 e. The minimum atomic E-state index is -0.862. The van der Waals surface area contributed by atoms with E-state index in [4.69, 9.17) is 15.2 Å². The molecule has 0 saturated heterocycles. The molecule has 3 N–H and O–H groups in total. The Balaban J connectivity index is 2.03. The number of aromatic nitrogens is 1. The van der Waals surface area contributed by atoms with Crippen LogP contribution in [0.25, 0.3) is 0 Å². The number of aliphatic hydroxyl groups is 1. The van der Waals surface area contributed by atoms with Crippen LogP contribution in [-0.2, 0) is 0 Å². The molecule has 3 rings (SSSR count). The van der Waals surface area contributed by atoms with E-state index < -0.39 is 6.10 Å². The molecule has 6 heteroatoms. The lowest BCUT2D eigenvalue weighted by atomic mass is 10.0. The van der Waals surface area contributed by atoms with Crippen LogP contribution in [0.4, 0.5) is 5.82 Å². The molecular formula is C13H11BrN2O3. The molecule has 0 amide bonds. The smallest absolute Gasteiger partial charge is 0.231 e. The van der Waals surface area contributed by atoms with Crippen molar-refractivity contribution in [2.24, 2.45) is 0 Å². The fourth-order valence-corrected chi connectivity index (χ4v) is 2.56. The number of aliphatic hydroxyl groups excluding tert-OH is 1. The molecule has 19 heavy (non-hydrogen) atoms. The van der Waals surface area contributed by atoms with Gasteiger partial charge in [-0.25, -0.2) is 4.98 Å². The number of ether oxygens (including phenoxy) is 2. The van der Waals surface area contributed by atoms with Crippen molar-refractivity contribution < 1.29 is 14.6 Å². The van der Waals surface area contributed by atoms with Gasteiger partial charge in [-0.3, -0.25) is 0 Å². The molecule has 0 saturated carbocycles. The van der Waals surface area contributed by atoms with E-state index in [9.17, 15) is 5.11 Å². The summed E-state index contributed by atoms with van der Waals surface area (Å²) >= 11 is 3.39. The third kappa shape index (κ3) is 2.13. The molecule has 1 aromatic heterocycles. The van der Waals surface area contributed by atoms with Crippen LogP contribution in [0, 0.1) is 0 Å². The number of halogens is 1. The Bertz CT molecular complexity index is 633. The number of nitrogens with zero attached hydrogens (tertiary/aromatic N) is 1. The van der Waals surface area contributed by atoms with Gasteiger partial charge in [0.15, 0.2) is 11.5 Å². The molecule has 1 aromatic carbocycles. The van der Waals surface area contributed by atoms with Crippen LogP contribution in [0.2, 0.25) is 0 Å². The van der Waals surface area contributed by atoms with E-state index in [2.05, 4.69) is 20.9 Å². The number of hydrogen-bond donors (Lipinski definition) is 2. The van der Waals surface area contributed by atoms with Gasteiger partial charge in [-0.15, -0.1) is 0 Å². The van der Waals surface area contributed by atoms with Crippen molar-refractivity contribution in [3.8, 4) is 11.5 Å². The third-order valence-corrected chi connectivity index (χ3v) is 3.52. The predicted molar refractivity (Wildman–Crippen MR) is 73.0 cm³/mol. The minimum Gasteiger partial charge on any atom is -0.454 e. The van der Waals surface area contributed by atoms with Crippen molar-refractivity contribution in [2.45, 2.75) is 6.10 Å². The van der Waals surface area contributed by atoms with Crippen molar-refractivity contribution in [1.29, 1.82) is 0 Å². The van der Waals surface area contributed by atoms with Gasteiger partial charge in [0.25, 0.3) is 0 Å².